The summed E-state index contributed by atoms with van der Waals surface area (Å²) in [6.07, 6.45) is 0.437. The van der Waals surface area contributed by atoms with Crippen LogP contribution in [0.2, 0.25) is 10.0 Å². The molecule has 2 rings (SSSR count). The van der Waals surface area contributed by atoms with Gasteiger partial charge in [-0.15, -0.1) is 0 Å². The minimum Gasteiger partial charge on any atom is -0.466 e. The van der Waals surface area contributed by atoms with Gasteiger partial charge in [0.25, 0.3) is 5.91 Å². The van der Waals surface area contributed by atoms with E-state index in [1.165, 1.54) is 18.2 Å². The highest BCUT2D eigenvalue weighted by molar-refractivity contribution is 6.36. The van der Waals surface area contributed by atoms with Gasteiger partial charge in [0.1, 0.15) is 0 Å². The van der Waals surface area contributed by atoms with Gasteiger partial charge in [-0.1, -0.05) is 53.5 Å². The molecule has 2 N–H and O–H groups in total. The zero-order valence-electron chi connectivity index (χ0n) is 15.9. The summed E-state index contributed by atoms with van der Waals surface area (Å²) in [4.78, 5) is 36.5. The summed E-state index contributed by atoms with van der Waals surface area (Å²) >= 11 is 11.8. The number of hydrogen-bond donors (Lipinski definition) is 2. The number of benzene rings is 2. The maximum atomic E-state index is 12.2. The first-order valence-electron chi connectivity index (χ1n) is 9.11. The van der Waals surface area contributed by atoms with Gasteiger partial charge < -0.3 is 15.4 Å². The second-order valence-electron chi connectivity index (χ2n) is 6.25. The lowest BCUT2D eigenvalue weighted by molar-refractivity contribution is -0.147. The lowest BCUT2D eigenvalue weighted by Crippen LogP contribution is -2.41. The lowest BCUT2D eigenvalue weighted by atomic mass is 9.99. The largest absolute Gasteiger partial charge is 0.466 e. The van der Waals surface area contributed by atoms with E-state index >= 15 is 0 Å². The molecule has 29 heavy (non-hydrogen) atoms. The van der Waals surface area contributed by atoms with Crippen molar-refractivity contribution in [3.05, 3.63) is 69.7 Å². The number of carbonyl (C=O) groups excluding carboxylic acids is 3. The van der Waals surface area contributed by atoms with Crippen molar-refractivity contribution in [2.45, 2.75) is 13.3 Å². The molecule has 154 valence electrons. The Morgan fingerprint density at radius 2 is 1.76 bits per heavy atom. The first-order valence-corrected chi connectivity index (χ1v) is 9.86. The highest BCUT2D eigenvalue weighted by Gasteiger charge is 2.21. The van der Waals surface area contributed by atoms with Crippen LogP contribution in [0.4, 0.5) is 0 Å². The summed E-state index contributed by atoms with van der Waals surface area (Å²) in [6.45, 7) is 1.84. The second kappa shape index (κ2) is 11.4. The Labute approximate surface area is 179 Å². The minimum absolute atomic E-state index is 0.101. The molecule has 0 aromatic heterocycles. The normalized spacial score (nSPS) is 11.4. The van der Waals surface area contributed by atoms with Crippen LogP contribution in [0.15, 0.2) is 48.5 Å². The smallest absolute Gasteiger partial charge is 0.311 e. The van der Waals surface area contributed by atoms with Crippen LogP contribution in [0.3, 0.4) is 0 Å². The Balaban J connectivity index is 1.88. The van der Waals surface area contributed by atoms with Crippen molar-refractivity contribution in [2.24, 2.45) is 5.92 Å². The van der Waals surface area contributed by atoms with E-state index in [-0.39, 0.29) is 36.3 Å². The van der Waals surface area contributed by atoms with E-state index in [0.29, 0.717) is 11.4 Å². The van der Waals surface area contributed by atoms with Crippen LogP contribution < -0.4 is 10.6 Å². The van der Waals surface area contributed by atoms with E-state index in [1.807, 2.05) is 30.3 Å². The summed E-state index contributed by atoms with van der Waals surface area (Å²) in [7, 11) is 0. The third kappa shape index (κ3) is 7.40. The highest BCUT2D eigenvalue weighted by Crippen LogP contribution is 2.20. The molecule has 0 aliphatic rings. The van der Waals surface area contributed by atoms with Gasteiger partial charge in [-0.05, 0) is 37.1 Å². The monoisotopic (exact) mass is 436 g/mol. The van der Waals surface area contributed by atoms with Gasteiger partial charge in [-0.2, -0.15) is 0 Å². The van der Waals surface area contributed by atoms with Gasteiger partial charge in [0.2, 0.25) is 5.91 Å². The van der Waals surface area contributed by atoms with Crippen LogP contribution in [0, 0.1) is 5.92 Å². The van der Waals surface area contributed by atoms with Gasteiger partial charge in [0, 0.05) is 11.6 Å². The van der Waals surface area contributed by atoms with Gasteiger partial charge in [-0.25, -0.2) is 0 Å². The van der Waals surface area contributed by atoms with Crippen LogP contribution in [0.1, 0.15) is 22.8 Å². The predicted octanol–water partition coefficient (Wildman–Crippen LogP) is 3.26. The van der Waals surface area contributed by atoms with E-state index in [0.717, 1.165) is 5.56 Å². The molecule has 0 bridgehead atoms. The Morgan fingerprint density at radius 3 is 2.41 bits per heavy atom. The van der Waals surface area contributed by atoms with E-state index in [2.05, 4.69) is 10.6 Å². The van der Waals surface area contributed by atoms with E-state index in [1.54, 1.807) is 6.92 Å². The van der Waals surface area contributed by atoms with Crippen molar-refractivity contribution < 1.29 is 19.1 Å². The van der Waals surface area contributed by atoms with Crippen LogP contribution >= 0.6 is 23.2 Å². The Kier molecular flexibility index (Phi) is 8.96. The number of nitrogens with one attached hydrogen (secondary N) is 2. The molecular formula is C21H22Cl2N2O4. The molecule has 1 atom stereocenters. The molecule has 1 unspecified atom stereocenters. The van der Waals surface area contributed by atoms with Gasteiger partial charge >= 0.3 is 5.97 Å². The van der Waals surface area contributed by atoms with Crippen LogP contribution in [-0.4, -0.2) is 37.5 Å². The SMILES string of the molecule is CCOC(=O)C(CNC(=O)CNC(=O)c1ccc(Cl)cc1Cl)Cc1ccccc1. The quantitative estimate of drug-likeness (QED) is 0.590. The summed E-state index contributed by atoms with van der Waals surface area (Å²) in [5, 5.41) is 5.76. The first kappa shape index (κ1) is 22.7. The fourth-order valence-corrected chi connectivity index (χ4v) is 3.12. The number of halogens is 2. The molecule has 0 heterocycles. The Morgan fingerprint density at radius 1 is 1.03 bits per heavy atom. The molecule has 0 fully saturated rings. The van der Waals surface area contributed by atoms with Crippen molar-refractivity contribution in [3.63, 3.8) is 0 Å². The fourth-order valence-electron chi connectivity index (χ4n) is 2.63. The number of esters is 1. The molecule has 0 aliphatic heterocycles. The van der Waals surface area contributed by atoms with Crippen molar-refractivity contribution in [1.29, 1.82) is 0 Å². The molecule has 2 aromatic rings. The molecule has 8 heteroatoms. The number of ether oxygens (including phenoxy) is 1. The van der Waals surface area contributed by atoms with E-state index in [4.69, 9.17) is 27.9 Å². The summed E-state index contributed by atoms with van der Waals surface area (Å²) in [5.41, 5.74) is 1.18. The van der Waals surface area contributed by atoms with E-state index < -0.39 is 17.7 Å². The molecular weight excluding hydrogens is 415 g/mol. The first-order chi connectivity index (χ1) is 13.9. The summed E-state index contributed by atoms with van der Waals surface area (Å²) < 4.78 is 5.10. The average Bonchev–Trinajstić information content (AvgIpc) is 2.70. The summed E-state index contributed by atoms with van der Waals surface area (Å²) in [6, 6.07) is 13.9. The number of amides is 2. The number of carbonyl (C=O) groups is 3. The van der Waals surface area contributed by atoms with E-state index in [9.17, 15) is 14.4 Å². The lowest BCUT2D eigenvalue weighted by Gasteiger charge is -2.16. The highest BCUT2D eigenvalue weighted by atomic mass is 35.5. The Bertz CT molecular complexity index is 859. The molecule has 0 spiro atoms. The molecule has 2 amide bonds. The minimum atomic E-state index is -0.525. The fraction of sp³-hybridized carbons (Fsp3) is 0.286. The third-order valence-electron chi connectivity index (χ3n) is 4.08. The van der Waals surface area contributed by atoms with Gasteiger partial charge in [0.15, 0.2) is 0 Å². The average molecular weight is 437 g/mol. The van der Waals surface area contributed by atoms with Crippen LogP contribution in [-0.2, 0) is 20.7 Å². The van der Waals surface area contributed by atoms with Crippen molar-refractivity contribution >= 4 is 41.0 Å². The van der Waals surface area contributed by atoms with Crippen molar-refractivity contribution in [1.82, 2.24) is 10.6 Å². The van der Waals surface area contributed by atoms with Gasteiger partial charge in [0.05, 0.1) is 29.7 Å². The third-order valence-corrected chi connectivity index (χ3v) is 4.62. The molecule has 0 saturated heterocycles. The molecule has 0 radical (unpaired) electrons. The van der Waals surface area contributed by atoms with Crippen molar-refractivity contribution in [3.8, 4) is 0 Å². The number of hydrogen-bond acceptors (Lipinski definition) is 4. The molecule has 6 nitrogen and oxygen atoms in total. The summed E-state index contributed by atoms with van der Waals surface area (Å²) in [5.74, 6) is -1.82. The standard InChI is InChI=1S/C21H22Cl2N2O4/c1-2-29-21(28)15(10-14-6-4-3-5-7-14)12-24-19(26)13-25-20(27)17-9-8-16(22)11-18(17)23/h3-9,11,15H,2,10,12-13H2,1H3,(H,24,26)(H,25,27). The maximum Gasteiger partial charge on any atom is 0.311 e. The Hall–Kier alpha value is -2.57. The predicted molar refractivity (Wildman–Crippen MR) is 112 cm³/mol. The molecule has 0 saturated carbocycles. The maximum absolute atomic E-state index is 12.2. The zero-order valence-corrected chi connectivity index (χ0v) is 17.4. The van der Waals surface area contributed by atoms with Crippen molar-refractivity contribution in [2.75, 3.05) is 19.7 Å². The number of rotatable bonds is 9. The zero-order chi connectivity index (χ0) is 21.2. The topological polar surface area (TPSA) is 84.5 Å². The van der Waals surface area contributed by atoms with Crippen LogP contribution in [0.5, 0.6) is 0 Å². The molecule has 0 aliphatic carbocycles. The van der Waals surface area contributed by atoms with Crippen LogP contribution in [0.25, 0.3) is 0 Å². The van der Waals surface area contributed by atoms with Gasteiger partial charge in [-0.3, -0.25) is 14.4 Å². The second-order valence-corrected chi connectivity index (χ2v) is 7.09. The molecule has 2 aromatic carbocycles.